The maximum absolute atomic E-state index is 15.8. The zero-order valence-corrected chi connectivity index (χ0v) is 20.0. The lowest BCUT2D eigenvalue weighted by atomic mass is 9.85. The van der Waals surface area contributed by atoms with Gasteiger partial charge in [0.1, 0.15) is 28.5 Å². The van der Waals surface area contributed by atoms with Crippen molar-refractivity contribution >= 4 is 38.1 Å². The highest BCUT2D eigenvalue weighted by atomic mass is 32.1. The van der Waals surface area contributed by atoms with Crippen LogP contribution >= 0.6 is 11.3 Å². The maximum atomic E-state index is 15.8. The molecule has 1 aliphatic rings. The number of aliphatic hydroxyl groups excluding tert-OH is 1. The summed E-state index contributed by atoms with van der Waals surface area (Å²) in [5.74, 6) is -1.42. The lowest BCUT2D eigenvalue weighted by Gasteiger charge is -2.35. The van der Waals surface area contributed by atoms with Crippen LogP contribution < -0.4 is 11.5 Å². The first-order valence-electron chi connectivity index (χ1n) is 11.2. The smallest absolute Gasteiger partial charge is 0.254 e. The summed E-state index contributed by atoms with van der Waals surface area (Å²) in [5, 5.41) is 20.3. The van der Waals surface area contributed by atoms with Gasteiger partial charge in [-0.1, -0.05) is 12.1 Å². The number of hydrogen-bond acceptors (Lipinski definition) is 7. The van der Waals surface area contributed by atoms with Gasteiger partial charge in [-0.25, -0.2) is 13.8 Å². The summed E-state index contributed by atoms with van der Waals surface area (Å²) in [6.45, 7) is 1.59. The van der Waals surface area contributed by atoms with Gasteiger partial charge >= 0.3 is 0 Å². The molecule has 0 bridgehead atoms. The lowest BCUT2D eigenvalue weighted by molar-refractivity contribution is 0.0671. The van der Waals surface area contributed by atoms with Crippen LogP contribution in [0.1, 0.15) is 45.6 Å². The zero-order chi connectivity index (χ0) is 25.7. The number of thiophene rings is 1. The molecule has 0 aliphatic carbocycles. The number of nitriles is 1. The number of rotatable bonds is 4. The van der Waals surface area contributed by atoms with Gasteiger partial charge in [0.15, 0.2) is 0 Å². The molecule has 1 aliphatic heterocycles. The van der Waals surface area contributed by atoms with E-state index in [9.17, 15) is 19.6 Å². The molecular formula is C26H21F2N5O2S. The van der Waals surface area contributed by atoms with E-state index in [1.807, 2.05) is 13.0 Å². The van der Waals surface area contributed by atoms with Crippen molar-refractivity contribution in [1.29, 1.82) is 5.26 Å². The van der Waals surface area contributed by atoms with Crippen molar-refractivity contribution in [1.82, 2.24) is 9.88 Å². The summed E-state index contributed by atoms with van der Waals surface area (Å²) >= 11 is 0.909. The second kappa shape index (κ2) is 8.86. The molecule has 0 radical (unpaired) electrons. The number of nitrogens with zero attached hydrogens (tertiary/aromatic N) is 3. The number of pyridine rings is 1. The van der Waals surface area contributed by atoms with Crippen LogP contribution in [0.2, 0.25) is 0 Å². The fourth-order valence-corrected chi connectivity index (χ4v) is 5.95. The van der Waals surface area contributed by atoms with Gasteiger partial charge in [0.2, 0.25) is 0 Å². The second-order valence-electron chi connectivity index (χ2n) is 8.55. The van der Waals surface area contributed by atoms with Gasteiger partial charge in [-0.05, 0) is 48.2 Å². The first-order valence-corrected chi connectivity index (χ1v) is 12.0. The van der Waals surface area contributed by atoms with Crippen LogP contribution in [-0.4, -0.2) is 27.4 Å². The molecule has 36 heavy (non-hydrogen) atoms. The molecule has 0 saturated heterocycles. The molecule has 10 heteroatoms. The lowest BCUT2D eigenvalue weighted by Crippen LogP contribution is -2.40. The molecule has 5 N–H and O–H groups in total. The Kier molecular flexibility index (Phi) is 5.82. The molecule has 2 aromatic heterocycles. The number of aliphatic hydroxyl groups is 1. The molecule has 0 saturated carbocycles. The number of benzene rings is 2. The van der Waals surface area contributed by atoms with E-state index in [1.165, 1.54) is 12.1 Å². The van der Waals surface area contributed by atoms with Gasteiger partial charge in [-0.3, -0.25) is 4.79 Å². The number of amides is 1. The van der Waals surface area contributed by atoms with E-state index in [4.69, 9.17) is 11.5 Å². The fraction of sp³-hybridized carbons (Fsp3) is 0.192. The highest BCUT2D eigenvalue weighted by molar-refractivity contribution is 7.23. The Morgan fingerprint density at radius 1 is 1.25 bits per heavy atom. The summed E-state index contributed by atoms with van der Waals surface area (Å²) in [5.41, 5.74) is 13.8. The van der Waals surface area contributed by atoms with Gasteiger partial charge in [-0.15, -0.1) is 11.3 Å². The summed E-state index contributed by atoms with van der Waals surface area (Å²) in [6.07, 6.45) is 1.92. The number of aromatic nitrogens is 1. The number of halogens is 2. The van der Waals surface area contributed by atoms with Crippen molar-refractivity contribution in [3.63, 3.8) is 0 Å². The van der Waals surface area contributed by atoms with Crippen LogP contribution in [0.4, 0.5) is 19.6 Å². The van der Waals surface area contributed by atoms with Gasteiger partial charge in [-0.2, -0.15) is 5.26 Å². The van der Waals surface area contributed by atoms with E-state index < -0.39 is 30.2 Å². The zero-order valence-electron chi connectivity index (χ0n) is 19.2. The molecule has 4 aromatic rings. The van der Waals surface area contributed by atoms with E-state index >= 15 is 4.39 Å². The van der Waals surface area contributed by atoms with Crippen molar-refractivity contribution in [2.24, 2.45) is 0 Å². The van der Waals surface area contributed by atoms with Gasteiger partial charge < -0.3 is 21.5 Å². The van der Waals surface area contributed by atoms with Crippen molar-refractivity contribution < 1.29 is 18.7 Å². The maximum Gasteiger partial charge on any atom is 0.254 e. The number of nitrogen functional groups attached to an aromatic ring is 2. The molecule has 3 heterocycles. The van der Waals surface area contributed by atoms with Crippen molar-refractivity contribution in [3.05, 3.63) is 76.0 Å². The number of nitrogens with two attached hydrogens (primary N) is 2. The van der Waals surface area contributed by atoms with Crippen LogP contribution in [0, 0.1) is 23.0 Å². The van der Waals surface area contributed by atoms with E-state index in [2.05, 4.69) is 4.98 Å². The Labute approximate surface area is 209 Å². The van der Waals surface area contributed by atoms with Gasteiger partial charge in [0.25, 0.3) is 5.91 Å². The highest BCUT2D eigenvalue weighted by Gasteiger charge is 2.33. The summed E-state index contributed by atoms with van der Waals surface area (Å²) in [4.78, 5) is 19.2. The van der Waals surface area contributed by atoms with Crippen LogP contribution in [0.25, 0.3) is 21.2 Å². The SMILES string of the molecule is C[C@H](c1cccnc1N)N1CCc2c(cc(F)c(-c3ccc(F)c4sc(N)c(C#N)c34)c2CO)C1=O. The Morgan fingerprint density at radius 3 is 2.72 bits per heavy atom. The number of fused-ring (bicyclic) bond motifs is 2. The first-order chi connectivity index (χ1) is 17.3. The Morgan fingerprint density at radius 2 is 2.03 bits per heavy atom. The minimum Gasteiger partial charge on any atom is -0.392 e. The number of carbonyl (C=O) groups excluding carboxylic acids is 1. The second-order valence-corrected chi connectivity index (χ2v) is 9.60. The average Bonchev–Trinajstić information content (AvgIpc) is 3.21. The topological polar surface area (TPSA) is 129 Å². The normalized spacial score (nSPS) is 14.1. The minimum atomic E-state index is -0.761. The quantitative estimate of drug-likeness (QED) is 0.374. The molecule has 182 valence electrons. The number of anilines is 2. The van der Waals surface area contributed by atoms with Crippen molar-refractivity contribution in [2.45, 2.75) is 26.0 Å². The molecule has 2 aromatic carbocycles. The average molecular weight is 506 g/mol. The third-order valence-corrected chi connectivity index (χ3v) is 7.77. The Hall–Kier alpha value is -4.07. The Bertz CT molecular complexity index is 1590. The summed E-state index contributed by atoms with van der Waals surface area (Å²) in [6, 6.07) is 8.80. The molecule has 0 fully saturated rings. The monoisotopic (exact) mass is 505 g/mol. The fourth-order valence-electron chi connectivity index (χ4n) is 5.00. The molecule has 1 amide bonds. The van der Waals surface area contributed by atoms with Crippen LogP contribution in [0.3, 0.4) is 0 Å². The van der Waals surface area contributed by atoms with Crippen LogP contribution in [0.5, 0.6) is 0 Å². The largest absolute Gasteiger partial charge is 0.392 e. The molecule has 7 nitrogen and oxygen atoms in total. The first kappa shape index (κ1) is 23.7. The van der Waals surface area contributed by atoms with Gasteiger partial charge in [0, 0.05) is 34.8 Å². The van der Waals surface area contributed by atoms with E-state index in [0.717, 1.165) is 17.4 Å². The highest BCUT2D eigenvalue weighted by Crippen LogP contribution is 2.44. The number of carbonyl (C=O) groups is 1. The summed E-state index contributed by atoms with van der Waals surface area (Å²) < 4.78 is 30.4. The van der Waals surface area contributed by atoms with E-state index in [1.54, 1.807) is 23.2 Å². The van der Waals surface area contributed by atoms with Crippen LogP contribution in [0.15, 0.2) is 36.5 Å². The standard InChI is InChI=1S/C26H21F2N5O2S/c1-12(13-3-2-7-32-24(13)30)33-8-6-14-16(26(33)35)9-20(28)21(18(14)11-34)15-4-5-19(27)23-22(15)17(10-29)25(31)36-23/h2-5,7,9,12,34H,6,8,11,31H2,1H3,(H2,30,32)/t12-/m1/s1. The summed E-state index contributed by atoms with van der Waals surface area (Å²) in [7, 11) is 0. The third-order valence-electron chi connectivity index (χ3n) is 6.74. The predicted molar refractivity (Wildman–Crippen MR) is 134 cm³/mol. The van der Waals surface area contributed by atoms with E-state index in [-0.39, 0.29) is 42.9 Å². The van der Waals surface area contributed by atoms with E-state index in [0.29, 0.717) is 29.9 Å². The third kappa shape index (κ3) is 3.47. The van der Waals surface area contributed by atoms with Crippen molar-refractivity contribution in [3.8, 4) is 17.2 Å². The van der Waals surface area contributed by atoms with Gasteiger partial charge in [0.05, 0.1) is 22.9 Å². The van der Waals surface area contributed by atoms with Crippen LogP contribution in [-0.2, 0) is 13.0 Å². The molecule has 1 atom stereocenters. The van der Waals surface area contributed by atoms with Crippen molar-refractivity contribution in [2.75, 3.05) is 18.0 Å². The molecular weight excluding hydrogens is 484 g/mol. The predicted octanol–water partition coefficient (Wildman–Crippen LogP) is 4.53. The number of hydrogen-bond donors (Lipinski definition) is 3. The molecule has 0 unspecified atom stereocenters. The minimum absolute atomic E-state index is 0.0290. The molecule has 0 spiro atoms. The Balaban J connectivity index is 1.67. The molecule has 5 rings (SSSR count).